The minimum absolute atomic E-state index is 0.143. The molecule has 2 N–H and O–H groups in total. The molecule has 4 atom stereocenters. The Labute approximate surface area is 229 Å². The first-order valence-corrected chi connectivity index (χ1v) is 14.2. The normalized spacial score (nSPS) is 30.6. The van der Waals surface area contributed by atoms with Gasteiger partial charge in [-0.1, -0.05) is 0 Å². The van der Waals surface area contributed by atoms with E-state index >= 15 is 0 Å². The van der Waals surface area contributed by atoms with Gasteiger partial charge in [-0.15, -0.1) is 0 Å². The van der Waals surface area contributed by atoms with Gasteiger partial charge in [-0.2, -0.15) is 0 Å². The summed E-state index contributed by atoms with van der Waals surface area (Å²) >= 11 is 0. The highest BCUT2D eigenvalue weighted by molar-refractivity contribution is 5.86. The summed E-state index contributed by atoms with van der Waals surface area (Å²) in [5, 5.41) is 0.801. The van der Waals surface area contributed by atoms with Crippen LogP contribution in [0.15, 0.2) is 18.6 Å². The van der Waals surface area contributed by atoms with Gasteiger partial charge in [0.2, 0.25) is 0 Å². The Hall–Kier alpha value is -2.47. The van der Waals surface area contributed by atoms with E-state index < -0.39 is 11.4 Å². The van der Waals surface area contributed by atoms with Crippen LogP contribution in [-0.4, -0.2) is 92.9 Å². The van der Waals surface area contributed by atoms with Crippen LogP contribution in [0.2, 0.25) is 0 Å². The molecular weight excluding hydrogens is 500 g/mol. The molecule has 39 heavy (non-hydrogen) atoms. The highest BCUT2D eigenvalue weighted by Gasteiger charge is 2.56. The molecule has 4 aliphatic rings. The molecular formula is C28H42N6O5. The molecule has 1 amide bonds. The molecule has 0 aromatic carbocycles. The van der Waals surface area contributed by atoms with E-state index in [1.165, 1.54) is 12.7 Å². The number of aromatic nitrogens is 3. The van der Waals surface area contributed by atoms with Crippen LogP contribution < -0.4 is 5.73 Å². The number of rotatable bonds is 3. The van der Waals surface area contributed by atoms with E-state index in [1.54, 1.807) is 0 Å². The summed E-state index contributed by atoms with van der Waals surface area (Å²) in [5.74, 6) is -0.241. The monoisotopic (exact) mass is 542 g/mol. The summed E-state index contributed by atoms with van der Waals surface area (Å²) in [4.78, 5) is 25.6. The Morgan fingerprint density at radius 2 is 1.87 bits per heavy atom. The first-order chi connectivity index (χ1) is 18.4. The lowest BCUT2D eigenvalue weighted by Gasteiger charge is -2.48. The van der Waals surface area contributed by atoms with Crippen molar-refractivity contribution < 1.29 is 23.7 Å². The van der Waals surface area contributed by atoms with Crippen LogP contribution in [0.25, 0.3) is 11.0 Å². The quantitative estimate of drug-likeness (QED) is 0.621. The Bertz CT molecular complexity index is 1220. The van der Waals surface area contributed by atoms with Gasteiger partial charge in [-0.05, 0) is 78.3 Å². The Balaban J connectivity index is 1.14. The molecule has 6 rings (SSSR count). The predicted molar refractivity (Wildman–Crippen MR) is 145 cm³/mol. The smallest absolute Gasteiger partial charge is 0.410 e. The van der Waals surface area contributed by atoms with Gasteiger partial charge in [0.25, 0.3) is 0 Å². The Morgan fingerprint density at radius 3 is 2.62 bits per heavy atom. The highest BCUT2D eigenvalue weighted by Crippen LogP contribution is 2.45. The van der Waals surface area contributed by atoms with E-state index in [-0.39, 0.29) is 36.0 Å². The lowest BCUT2D eigenvalue weighted by molar-refractivity contribution is -0.198. The molecule has 11 nitrogen and oxygen atoms in total. The molecule has 0 saturated carbocycles. The van der Waals surface area contributed by atoms with Crippen molar-refractivity contribution in [1.82, 2.24) is 24.3 Å². The van der Waals surface area contributed by atoms with Gasteiger partial charge in [0.15, 0.2) is 12.0 Å². The van der Waals surface area contributed by atoms with Crippen LogP contribution in [0.1, 0.15) is 66.5 Å². The van der Waals surface area contributed by atoms with E-state index in [2.05, 4.69) is 14.9 Å². The minimum atomic E-state index is -0.690. The van der Waals surface area contributed by atoms with E-state index in [4.69, 9.17) is 24.7 Å². The second-order valence-electron chi connectivity index (χ2n) is 13.2. The van der Waals surface area contributed by atoms with Crippen LogP contribution in [-0.2, 0) is 18.9 Å². The molecule has 4 aliphatic heterocycles. The molecule has 0 bridgehead atoms. The zero-order valence-corrected chi connectivity index (χ0v) is 23.8. The fourth-order valence-electron chi connectivity index (χ4n) is 6.84. The van der Waals surface area contributed by atoms with Crippen LogP contribution in [0.3, 0.4) is 0 Å². The number of carbonyl (C=O) groups excluding carboxylic acids is 1. The average molecular weight is 543 g/mol. The van der Waals surface area contributed by atoms with E-state index in [9.17, 15) is 4.79 Å². The number of amides is 1. The Morgan fingerprint density at radius 1 is 1.13 bits per heavy atom. The van der Waals surface area contributed by atoms with Crippen LogP contribution in [0, 0.1) is 5.41 Å². The number of nitrogens with zero attached hydrogens (tertiary/aromatic N) is 5. The van der Waals surface area contributed by atoms with Crippen molar-refractivity contribution in [2.45, 2.75) is 96.2 Å². The Kier molecular flexibility index (Phi) is 6.56. The third-order valence-electron chi connectivity index (χ3n) is 8.59. The number of fused-ring (bicyclic) bond motifs is 2. The summed E-state index contributed by atoms with van der Waals surface area (Å²) in [6, 6.07) is 1.93. The summed E-state index contributed by atoms with van der Waals surface area (Å²) in [6.45, 7) is 13.9. The summed E-state index contributed by atoms with van der Waals surface area (Å²) in [7, 11) is 0. The molecule has 1 spiro atoms. The number of hydrogen-bond donors (Lipinski definition) is 1. The second kappa shape index (κ2) is 9.57. The summed E-state index contributed by atoms with van der Waals surface area (Å²) < 4.78 is 27.1. The van der Waals surface area contributed by atoms with Crippen molar-refractivity contribution in [3.8, 4) is 0 Å². The highest BCUT2D eigenvalue weighted by atomic mass is 16.8. The largest absolute Gasteiger partial charge is 0.444 e. The maximum atomic E-state index is 12.6. The zero-order valence-electron chi connectivity index (χ0n) is 23.8. The van der Waals surface area contributed by atoms with Crippen molar-refractivity contribution in [3.63, 3.8) is 0 Å². The molecule has 2 aromatic rings. The van der Waals surface area contributed by atoms with Crippen molar-refractivity contribution in [2.75, 3.05) is 38.5 Å². The van der Waals surface area contributed by atoms with Gasteiger partial charge in [0.05, 0.1) is 5.39 Å². The summed E-state index contributed by atoms with van der Waals surface area (Å²) in [6.07, 6.45) is 6.58. The minimum Gasteiger partial charge on any atom is -0.444 e. The van der Waals surface area contributed by atoms with Gasteiger partial charge in [0.1, 0.15) is 41.7 Å². The van der Waals surface area contributed by atoms with Crippen molar-refractivity contribution >= 4 is 22.9 Å². The summed E-state index contributed by atoms with van der Waals surface area (Å²) in [5.41, 5.74) is 6.56. The van der Waals surface area contributed by atoms with E-state index in [1.807, 2.05) is 56.3 Å². The number of nitrogen functional groups attached to an aromatic ring is 1. The molecule has 4 saturated heterocycles. The van der Waals surface area contributed by atoms with Crippen LogP contribution in [0.5, 0.6) is 0 Å². The van der Waals surface area contributed by atoms with Crippen LogP contribution in [0.4, 0.5) is 10.6 Å². The predicted octanol–water partition coefficient (Wildman–Crippen LogP) is 3.54. The van der Waals surface area contributed by atoms with Crippen molar-refractivity contribution in [1.29, 1.82) is 0 Å². The number of ether oxygens (including phenoxy) is 4. The van der Waals surface area contributed by atoms with Crippen molar-refractivity contribution in [2.24, 2.45) is 5.41 Å². The van der Waals surface area contributed by atoms with Gasteiger partial charge in [0, 0.05) is 32.4 Å². The lowest BCUT2D eigenvalue weighted by atomic mass is 9.72. The van der Waals surface area contributed by atoms with E-state index in [0.29, 0.717) is 5.82 Å². The SMILES string of the molecule is CC(C)(C)OC(=O)N1CCC2(CCCN(C[C@H]3O[C@@H](n4ccc5c(N)ncnc54)[C@@H]4OC(C)(C)O[C@@H]43)C2)CC1. The number of hydrogen-bond acceptors (Lipinski definition) is 9. The maximum Gasteiger partial charge on any atom is 0.410 e. The first kappa shape index (κ1) is 26.7. The van der Waals surface area contributed by atoms with Gasteiger partial charge in [-0.3, -0.25) is 0 Å². The first-order valence-electron chi connectivity index (χ1n) is 14.2. The molecule has 11 heteroatoms. The number of carbonyl (C=O) groups is 1. The second-order valence-corrected chi connectivity index (χ2v) is 13.2. The lowest BCUT2D eigenvalue weighted by Crippen LogP contribution is -2.53. The van der Waals surface area contributed by atoms with Crippen molar-refractivity contribution in [3.05, 3.63) is 18.6 Å². The number of piperidine rings is 2. The molecule has 4 fully saturated rings. The van der Waals surface area contributed by atoms with Crippen LogP contribution >= 0.6 is 0 Å². The molecule has 6 heterocycles. The number of anilines is 1. The number of likely N-dealkylation sites (tertiary alicyclic amines) is 2. The fourth-order valence-corrected chi connectivity index (χ4v) is 6.84. The zero-order chi connectivity index (χ0) is 27.6. The molecule has 2 aromatic heterocycles. The molecule has 0 unspecified atom stereocenters. The third-order valence-corrected chi connectivity index (χ3v) is 8.59. The maximum absolute atomic E-state index is 12.6. The molecule has 0 aliphatic carbocycles. The standard InChI is InChI=1S/C28H42N6O5/c1-26(2,3)39-25(35)33-13-9-28(10-14-33)8-6-11-32(16-28)15-19-20-21(38-27(4,5)37-20)24(36-19)34-12-7-18-22(29)30-17-31-23(18)34/h7,12,17,19-21,24H,6,8-11,13-16H2,1-5H3,(H2,29,30,31)/t19-,20-,21-,24-/m1/s1. The van der Waals surface area contributed by atoms with Gasteiger partial charge in [-0.25, -0.2) is 14.8 Å². The third kappa shape index (κ3) is 5.21. The van der Waals surface area contributed by atoms with Gasteiger partial charge >= 0.3 is 6.09 Å². The van der Waals surface area contributed by atoms with E-state index in [0.717, 1.165) is 63.0 Å². The molecule has 0 radical (unpaired) electrons. The molecule has 214 valence electrons. The average Bonchev–Trinajstić information content (AvgIpc) is 3.51. The van der Waals surface area contributed by atoms with Gasteiger partial charge < -0.3 is 39.0 Å². The topological polar surface area (TPSA) is 117 Å². The number of nitrogens with two attached hydrogens (primary N) is 1. The fraction of sp³-hybridized carbons (Fsp3) is 0.750.